The van der Waals surface area contributed by atoms with Crippen molar-refractivity contribution in [2.45, 2.75) is 25.2 Å². The molecule has 100 valence electrons. The van der Waals surface area contributed by atoms with Crippen molar-refractivity contribution < 1.29 is 4.74 Å². The largest absolute Gasteiger partial charge is 0.379 e. The van der Waals surface area contributed by atoms with Gasteiger partial charge in [0.05, 0.1) is 13.2 Å². The minimum absolute atomic E-state index is 0.733. The van der Waals surface area contributed by atoms with Gasteiger partial charge in [0.1, 0.15) is 0 Å². The lowest BCUT2D eigenvalue weighted by Gasteiger charge is -2.26. The van der Waals surface area contributed by atoms with Gasteiger partial charge in [-0.05, 0) is 30.0 Å². The molecule has 0 spiro atoms. The van der Waals surface area contributed by atoms with Gasteiger partial charge >= 0.3 is 0 Å². The van der Waals surface area contributed by atoms with Crippen LogP contribution in [0.4, 0.5) is 0 Å². The predicted molar refractivity (Wildman–Crippen MR) is 78.1 cm³/mol. The van der Waals surface area contributed by atoms with Crippen molar-refractivity contribution in [2.24, 2.45) is 5.92 Å². The van der Waals surface area contributed by atoms with Gasteiger partial charge in [-0.25, -0.2) is 0 Å². The van der Waals surface area contributed by atoms with Gasteiger partial charge in [-0.1, -0.05) is 26.0 Å². The Kier molecular flexibility index (Phi) is 5.54. The van der Waals surface area contributed by atoms with E-state index in [-0.39, 0.29) is 0 Å². The first kappa shape index (κ1) is 13.9. The number of hydrogen-bond donors (Lipinski definition) is 0. The molecule has 1 aromatic carbocycles. The highest BCUT2D eigenvalue weighted by Crippen LogP contribution is 2.21. The van der Waals surface area contributed by atoms with Gasteiger partial charge in [-0.3, -0.25) is 4.90 Å². The lowest BCUT2D eigenvalue weighted by atomic mass is 10.0. The van der Waals surface area contributed by atoms with E-state index in [0.717, 1.165) is 38.1 Å². The van der Waals surface area contributed by atoms with Crippen LogP contribution >= 0.6 is 11.8 Å². The van der Waals surface area contributed by atoms with E-state index in [0.29, 0.717) is 0 Å². The first-order valence-electron chi connectivity index (χ1n) is 6.76. The third kappa shape index (κ3) is 4.63. The highest BCUT2D eigenvalue weighted by molar-refractivity contribution is 7.99. The molecule has 1 fully saturated rings. The third-order valence-electron chi connectivity index (χ3n) is 3.08. The van der Waals surface area contributed by atoms with E-state index >= 15 is 0 Å². The van der Waals surface area contributed by atoms with E-state index in [2.05, 4.69) is 43.0 Å². The Balaban J connectivity index is 1.78. The Morgan fingerprint density at radius 1 is 1.17 bits per heavy atom. The molecule has 1 saturated heterocycles. The maximum Gasteiger partial charge on any atom is 0.0594 e. The summed E-state index contributed by atoms with van der Waals surface area (Å²) in [7, 11) is 0. The topological polar surface area (TPSA) is 12.5 Å². The monoisotopic (exact) mass is 265 g/mol. The molecular weight excluding hydrogens is 242 g/mol. The van der Waals surface area contributed by atoms with Crippen molar-refractivity contribution in [3.63, 3.8) is 0 Å². The number of ether oxygens (including phenoxy) is 1. The SMILES string of the molecule is CC(C)Cc1ccc(SCN2CCOCC2)cc1. The summed E-state index contributed by atoms with van der Waals surface area (Å²) in [5.74, 6) is 1.81. The van der Waals surface area contributed by atoms with Gasteiger partial charge in [0.2, 0.25) is 0 Å². The van der Waals surface area contributed by atoms with Crippen LogP contribution in [0.1, 0.15) is 19.4 Å². The molecule has 0 bridgehead atoms. The summed E-state index contributed by atoms with van der Waals surface area (Å²) in [5.41, 5.74) is 1.45. The molecule has 1 heterocycles. The van der Waals surface area contributed by atoms with Crippen molar-refractivity contribution in [3.8, 4) is 0 Å². The summed E-state index contributed by atoms with van der Waals surface area (Å²) < 4.78 is 5.35. The fraction of sp³-hybridized carbons (Fsp3) is 0.600. The second kappa shape index (κ2) is 7.17. The molecule has 2 rings (SSSR count). The quantitative estimate of drug-likeness (QED) is 0.758. The summed E-state index contributed by atoms with van der Waals surface area (Å²) >= 11 is 1.92. The summed E-state index contributed by atoms with van der Waals surface area (Å²) in [6, 6.07) is 9.04. The van der Waals surface area contributed by atoms with Crippen LogP contribution in [0.2, 0.25) is 0 Å². The predicted octanol–water partition coefficient (Wildman–Crippen LogP) is 3.27. The van der Waals surface area contributed by atoms with Crippen LogP contribution in [0.25, 0.3) is 0 Å². The van der Waals surface area contributed by atoms with Crippen molar-refractivity contribution >= 4 is 11.8 Å². The average Bonchev–Trinajstić information content (AvgIpc) is 2.38. The van der Waals surface area contributed by atoms with Crippen LogP contribution in [-0.2, 0) is 11.2 Å². The molecule has 0 unspecified atom stereocenters. The molecule has 0 aromatic heterocycles. The highest BCUT2D eigenvalue weighted by atomic mass is 32.2. The summed E-state index contributed by atoms with van der Waals surface area (Å²) in [6.45, 7) is 8.43. The Labute approximate surface area is 115 Å². The summed E-state index contributed by atoms with van der Waals surface area (Å²) in [5, 5.41) is 0. The third-order valence-corrected chi connectivity index (χ3v) is 4.18. The number of hydrogen-bond acceptors (Lipinski definition) is 3. The molecule has 0 radical (unpaired) electrons. The average molecular weight is 265 g/mol. The molecule has 0 atom stereocenters. The van der Waals surface area contributed by atoms with Crippen LogP contribution in [0, 0.1) is 5.92 Å². The molecule has 1 aromatic rings. The van der Waals surface area contributed by atoms with Crippen molar-refractivity contribution in [3.05, 3.63) is 29.8 Å². The highest BCUT2D eigenvalue weighted by Gasteiger charge is 2.10. The standard InChI is InChI=1S/C15H23NOS/c1-13(2)11-14-3-5-15(6-4-14)18-12-16-7-9-17-10-8-16/h3-6,13H,7-12H2,1-2H3. The lowest BCUT2D eigenvalue weighted by molar-refractivity contribution is 0.0474. The number of benzene rings is 1. The fourth-order valence-electron chi connectivity index (χ4n) is 2.09. The minimum atomic E-state index is 0.733. The maximum absolute atomic E-state index is 5.35. The number of nitrogens with zero attached hydrogens (tertiary/aromatic N) is 1. The molecule has 0 amide bonds. The smallest absolute Gasteiger partial charge is 0.0594 e. The molecular formula is C15H23NOS. The van der Waals surface area contributed by atoms with Crippen LogP contribution in [0.15, 0.2) is 29.2 Å². The van der Waals surface area contributed by atoms with Gasteiger partial charge in [-0.2, -0.15) is 0 Å². The van der Waals surface area contributed by atoms with E-state index in [1.165, 1.54) is 16.9 Å². The Bertz CT molecular complexity index is 344. The first-order valence-corrected chi connectivity index (χ1v) is 7.74. The zero-order chi connectivity index (χ0) is 12.8. The van der Waals surface area contributed by atoms with E-state index in [4.69, 9.17) is 4.74 Å². The molecule has 1 aliphatic rings. The van der Waals surface area contributed by atoms with E-state index < -0.39 is 0 Å². The zero-order valence-electron chi connectivity index (χ0n) is 11.4. The molecule has 0 N–H and O–H groups in total. The summed E-state index contributed by atoms with van der Waals surface area (Å²) in [4.78, 5) is 3.82. The van der Waals surface area contributed by atoms with E-state index in [1.54, 1.807) is 0 Å². The van der Waals surface area contributed by atoms with Crippen molar-refractivity contribution in [2.75, 3.05) is 32.2 Å². The number of thioether (sulfide) groups is 1. The molecule has 0 aliphatic carbocycles. The molecule has 1 aliphatic heterocycles. The van der Waals surface area contributed by atoms with E-state index in [1.807, 2.05) is 11.8 Å². The number of rotatable bonds is 5. The minimum Gasteiger partial charge on any atom is -0.379 e. The van der Waals surface area contributed by atoms with Crippen LogP contribution in [0.5, 0.6) is 0 Å². The van der Waals surface area contributed by atoms with E-state index in [9.17, 15) is 0 Å². The maximum atomic E-state index is 5.35. The van der Waals surface area contributed by atoms with Gasteiger partial charge in [0.15, 0.2) is 0 Å². The number of morpholine rings is 1. The Morgan fingerprint density at radius 2 is 1.83 bits per heavy atom. The molecule has 0 saturated carbocycles. The zero-order valence-corrected chi connectivity index (χ0v) is 12.2. The fourth-order valence-corrected chi connectivity index (χ4v) is 3.01. The van der Waals surface area contributed by atoms with Crippen LogP contribution in [-0.4, -0.2) is 37.1 Å². The Hall–Kier alpha value is -0.510. The van der Waals surface area contributed by atoms with Crippen LogP contribution < -0.4 is 0 Å². The lowest BCUT2D eigenvalue weighted by Crippen LogP contribution is -2.35. The van der Waals surface area contributed by atoms with Gasteiger partial charge in [0, 0.05) is 23.9 Å². The normalized spacial score (nSPS) is 17.3. The van der Waals surface area contributed by atoms with Crippen LogP contribution in [0.3, 0.4) is 0 Å². The van der Waals surface area contributed by atoms with Gasteiger partial charge < -0.3 is 4.74 Å². The molecule has 3 heteroatoms. The van der Waals surface area contributed by atoms with Gasteiger partial charge in [-0.15, -0.1) is 11.8 Å². The molecule has 18 heavy (non-hydrogen) atoms. The van der Waals surface area contributed by atoms with Crippen molar-refractivity contribution in [1.29, 1.82) is 0 Å². The Morgan fingerprint density at radius 3 is 2.44 bits per heavy atom. The van der Waals surface area contributed by atoms with Gasteiger partial charge in [0.25, 0.3) is 0 Å². The summed E-state index contributed by atoms with van der Waals surface area (Å²) in [6.07, 6.45) is 1.18. The second-order valence-corrected chi connectivity index (χ2v) is 6.26. The van der Waals surface area contributed by atoms with Crippen molar-refractivity contribution in [1.82, 2.24) is 4.90 Å². The first-order chi connectivity index (χ1) is 8.74. The second-order valence-electron chi connectivity index (χ2n) is 5.25. The molecule has 2 nitrogen and oxygen atoms in total.